The van der Waals surface area contributed by atoms with Crippen LogP contribution in [0.4, 0.5) is 5.82 Å². The fourth-order valence-corrected chi connectivity index (χ4v) is 3.74. The predicted molar refractivity (Wildman–Crippen MR) is 103 cm³/mol. The number of morpholine rings is 1. The summed E-state index contributed by atoms with van der Waals surface area (Å²) in [4.78, 5) is 31.6. The first-order valence-corrected chi connectivity index (χ1v) is 9.92. The highest BCUT2D eigenvalue weighted by Crippen LogP contribution is 2.18. The van der Waals surface area contributed by atoms with Gasteiger partial charge in [0.15, 0.2) is 0 Å². The van der Waals surface area contributed by atoms with Gasteiger partial charge in [-0.15, -0.1) is 0 Å². The number of fused-ring (bicyclic) bond motifs is 1. The summed E-state index contributed by atoms with van der Waals surface area (Å²) in [7, 11) is 0. The molecule has 0 spiro atoms. The first-order valence-electron chi connectivity index (χ1n) is 9.92. The Morgan fingerprint density at radius 3 is 2.89 bits per heavy atom. The number of ether oxygens (including phenoxy) is 1. The number of aryl methyl sites for hydroxylation is 1. The lowest BCUT2D eigenvalue weighted by molar-refractivity contribution is -0.122. The summed E-state index contributed by atoms with van der Waals surface area (Å²) in [6, 6.07) is 3.82. The van der Waals surface area contributed by atoms with Crippen LogP contribution in [-0.2, 0) is 35.6 Å². The minimum atomic E-state index is -0.230. The molecule has 2 aliphatic rings. The van der Waals surface area contributed by atoms with Crippen molar-refractivity contribution in [3.8, 4) is 0 Å². The number of amides is 1. The van der Waals surface area contributed by atoms with Gasteiger partial charge in [-0.05, 0) is 18.9 Å². The molecule has 0 aliphatic carbocycles. The van der Waals surface area contributed by atoms with E-state index in [2.05, 4.69) is 20.3 Å². The molecule has 4 rings (SSSR count). The molecule has 28 heavy (non-hydrogen) atoms. The number of pyridine rings is 1. The summed E-state index contributed by atoms with van der Waals surface area (Å²) in [6.07, 6.45) is 5.68. The summed E-state index contributed by atoms with van der Waals surface area (Å²) in [5.41, 5.74) is 0.758. The fourth-order valence-electron chi connectivity index (χ4n) is 3.74. The minimum absolute atomic E-state index is 0.0635. The Kier molecular flexibility index (Phi) is 5.70. The zero-order valence-electron chi connectivity index (χ0n) is 16.0. The second-order valence-corrected chi connectivity index (χ2v) is 7.18. The predicted octanol–water partition coefficient (Wildman–Crippen LogP) is 0.319. The van der Waals surface area contributed by atoms with Crippen molar-refractivity contribution >= 4 is 11.7 Å². The quantitative estimate of drug-likeness (QED) is 0.795. The highest BCUT2D eigenvalue weighted by Gasteiger charge is 2.19. The molecular formula is C19H26N6O3. The second-order valence-electron chi connectivity index (χ2n) is 7.18. The van der Waals surface area contributed by atoms with Crippen molar-refractivity contribution in [3.63, 3.8) is 0 Å². The Bertz CT molecular complexity index is 884. The van der Waals surface area contributed by atoms with E-state index in [1.807, 2.05) is 12.1 Å². The van der Waals surface area contributed by atoms with Gasteiger partial charge in [-0.3, -0.25) is 9.36 Å². The number of aromatic nitrogens is 4. The first kappa shape index (κ1) is 18.7. The van der Waals surface area contributed by atoms with Gasteiger partial charge in [-0.2, -0.15) is 5.10 Å². The van der Waals surface area contributed by atoms with Crippen molar-refractivity contribution in [2.24, 2.45) is 0 Å². The van der Waals surface area contributed by atoms with Crippen LogP contribution in [0.2, 0.25) is 0 Å². The van der Waals surface area contributed by atoms with E-state index in [4.69, 9.17) is 4.74 Å². The van der Waals surface area contributed by atoms with E-state index in [1.54, 1.807) is 10.8 Å². The molecule has 0 radical (unpaired) electrons. The lowest BCUT2D eigenvalue weighted by Crippen LogP contribution is -2.38. The van der Waals surface area contributed by atoms with Crippen molar-refractivity contribution in [1.29, 1.82) is 0 Å². The van der Waals surface area contributed by atoms with Gasteiger partial charge >= 0.3 is 5.69 Å². The van der Waals surface area contributed by atoms with Crippen LogP contribution in [0.3, 0.4) is 0 Å². The molecular weight excluding hydrogens is 360 g/mol. The molecule has 9 nitrogen and oxygen atoms in total. The maximum atomic E-state index is 12.5. The van der Waals surface area contributed by atoms with Crippen LogP contribution in [0, 0.1) is 0 Å². The molecule has 2 aliphatic heterocycles. The SMILES string of the molecule is O=C(Cn1nc2n(c1=O)CCCCC2)NCc1cccnc1N1CCOCC1. The Morgan fingerprint density at radius 1 is 1.18 bits per heavy atom. The van der Waals surface area contributed by atoms with Gasteiger partial charge in [-0.25, -0.2) is 14.5 Å². The van der Waals surface area contributed by atoms with Crippen LogP contribution in [0.25, 0.3) is 0 Å². The van der Waals surface area contributed by atoms with E-state index < -0.39 is 0 Å². The lowest BCUT2D eigenvalue weighted by Gasteiger charge is -2.29. The standard InChI is InChI=1S/C19H26N6O3/c26-17(14-25-19(27)24-8-3-1-2-6-16(24)22-25)21-13-15-5-4-7-20-18(15)23-9-11-28-12-10-23/h4-5,7H,1-3,6,8-14H2,(H,21,26). The Balaban J connectivity index is 1.40. The molecule has 0 unspecified atom stereocenters. The number of carbonyl (C=O) groups excluding carboxylic acids is 1. The molecule has 0 bridgehead atoms. The van der Waals surface area contributed by atoms with Crippen LogP contribution in [0.5, 0.6) is 0 Å². The average molecular weight is 386 g/mol. The van der Waals surface area contributed by atoms with Gasteiger partial charge in [-0.1, -0.05) is 12.5 Å². The molecule has 9 heteroatoms. The van der Waals surface area contributed by atoms with Crippen LogP contribution in [0.1, 0.15) is 30.7 Å². The molecule has 1 saturated heterocycles. The fraction of sp³-hybridized carbons (Fsp3) is 0.579. The maximum Gasteiger partial charge on any atom is 0.346 e. The Labute approximate surface area is 163 Å². The number of rotatable bonds is 5. The van der Waals surface area contributed by atoms with Crippen molar-refractivity contribution in [1.82, 2.24) is 24.6 Å². The minimum Gasteiger partial charge on any atom is -0.378 e. The van der Waals surface area contributed by atoms with Gasteiger partial charge in [0.25, 0.3) is 0 Å². The first-order chi connectivity index (χ1) is 13.7. The zero-order chi connectivity index (χ0) is 19.3. The monoisotopic (exact) mass is 386 g/mol. The molecule has 2 aromatic rings. The lowest BCUT2D eigenvalue weighted by atomic mass is 10.2. The zero-order valence-corrected chi connectivity index (χ0v) is 16.0. The molecule has 4 heterocycles. The normalized spacial score (nSPS) is 17.1. The van der Waals surface area contributed by atoms with Crippen LogP contribution >= 0.6 is 0 Å². The molecule has 2 aromatic heterocycles. The molecule has 0 saturated carbocycles. The van der Waals surface area contributed by atoms with Gasteiger partial charge in [0.1, 0.15) is 18.2 Å². The largest absolute Gasteiger partial charge is 0.378 e. The summed E-state index contributed by atoms with van der Waals surface area (Å²) >= 11 is 0. The van der Waals surface area contributed by atoms with E-state index in [9.17, 15) is 9.59 Å². The van der Waals surface area contributed by atoms with Crippen LogP contribution < -0.4 is 15.9 Å². The van der Waals surface area contributed by atoms with Gasteiger partial charge in [0, 0.05) is 44.4 Å². The molecule has 1 amide bonds. The van der Waals surface area contributed by atoms with E-state index in [0.29, 0.717) is 26.3 Å². The van der Waals surface area contributed by atoms with Gasteiger partial charge in [0.05, 0.1) is 13.2 Å². The van der Waals surface area contributed by atoms with Crippen molar-refractivity contribution < 1.29 is 9.53 Å². The van der Waals surface area contributed by atoms with Gasteiger partial charge < -0.3 is 15.0 Å². The third kappa shape index (κ3) is 4.09. The van der Waals surface area contributed by atoms with Crippen molar-refractivity contribution in [2.75, 3.05) is 31.2 Å². The number of nitrogens with one attached hydrogen (secondary N) is 1. The molecule has 0 aromatic carbocycles. The smallest absolute Gasteiger partial charge is 0.346 e. The number of anilines is 1. The highest BCUT2D eigenvalue weighted by atomic mass is 16.5. The van der Waals surface area contributed by atoms with Crippen LogP contribution in [0.15, 0.2) is 23.1 Å². The van der Waals surface area contributed by atoms with Crippen molar-refractivity contribution in [3.05, 3.63) is 40.2 Å². The van der Waals surface area contributed by atoms with E-state index in [0.717, 1.165) is 56.0 Å². The topological polar surface area (TPSA) is 94.3 Å². The number of carbonyl (C=O) groups is 1. The summed E-state index contributed by atoms with van der Waals surface area (Å²) < 4.78 is 8.38. The molecule has 1 fully saturated rings. The van der Waals surface area contributed by atoms with E-state index >= 15 is 0 Å². The number of hydrogen-bond acceptors (Lipinski definition) is 6. The average Bonchev–Trinajstić information content (AvgIpc) is 2.88. The van der Waals surface area contributed by atoms with Crippen molar-refractivity contribution in [2.45, 2.75) is 45.3 Å². The third-order valence-electron chi connectivity index (χ3n) is 5.23. The highest BCUT2D eigenvalue weighted by molar-refractivity contribution is 5.75. The number of nitrogens with zero attached hydrogens (tertiary/aromatic N) is 5. The second kappa shape index (κ2) is 8.55. The Morgan fingerprint density at radius 2 is 2.04 bits per heavy atom. The van der Waals surface area contributed by atoms with E-state index in [1.165, 1.54) is 4.68 Å². The summed E-state index contributed by atoms with van der Waals surface area (Å²) in [5.74, 6) is 1.43. The third-order valence-corrected chi connectivity index (χ3v) is 5.23. The maximum absolute atomic E-state index is 12.5. The Hall–Kier alpha value is -2.68. The molecule has 1 N–H and O–H groups in total. The van der Waals surface area contributed by atoms with Crippen LogP contribution in [-0.4, -0.2) is 51.5 Å². The van der Waals surface area contributed by atoms with Gasteiger partial charge in [0.2, 0.25) is 5.91 Å². The summed E-state index contributed by atoms with van der Waals surface area (Å²) in [5, 5.41) is 7.27. The molecule has 0 atom stereocenters. The molecule has 150 valence electrons. The number of hydrogen-bond donors (Lipinski definition) is 1. The van der Waals surface area contributed by atoms with E-state index in [-0.39, 0.29) is 18.1 Å². The summed E-state index contributed by atoms with van der Waals surface area (Å²) in [6.45, 7) is 3.91.